The minimum atomic E-state index is -0.967. The first kappa shape index (κ1) is 20.9. The fraction of sp³-hybridized carbons (Fsp3) is 0.409. The van der Waals surface area contributed by atoms with Crippen LogP contribution in [0.25, 0.3) is 0 Å². The Labute approximate surface area is 163 Å². The number of guanidine groups is 1. The van der Waals surface area contributed by atoms with Crippen LogP contribution in [-0.2, 0) is 18.7 Å². The second-order valence-corrected chi connectivity index (χ2v) is 7.24. The van der Waals surface area contributed by atoms with Crippen LogP contribution in [0.3, 0.4) is 0 Å². The highest BCUT2D eigenvalue weighted by molar-refractivity contribution is 5.79. The maximum atomic E-state index is 10.7. The summed E-state index contributed by atoms with van der Waals surface area (Å²) in [5.74, 6) is 0.700. The van der Waals surface area contributed by atoms with Gasteiger partial charge >= 0.3 is 0 Å². The van der Waals surface area contributed by atoms with Crippen molar-refractivity contribution in [2.75, 3.05) is 27.2 Å². The predicted molar refractivity (Wildman–Crippen MR) is 113 cm³/mol. The van der Waals surface area contributed by atoms with E-state index in [1.54, 1.807) is 0 Å². The average molecular weight is 369 g/mol. The molecule has 27 heavy (non-hydrogen) atoms. The van der Waals surface area contributed by atoms with Gasteiger partial charge in [-0.3, -0.25) is 0 Å². The Hall–Kier alpha value is -2.37. The normalized spacial score (nSPS) is 14.1. The number of nitrogens with zero attached hydrogens (tertiary/aromatic N) is 2. The zero-order chi connectivity index (χ0) is 19.7. The van der Waals surface area contributed by atoms with Crippen molar-refractivity contribution in [2.45, 2.75) is 32.5 Å². The van der Waals surface area contributed by atoms with Gasteiger partial charge < -0.3 is 20.6 Å². The highest BCUT2D eigenvalue weighted by Gasteiger charge is 2.22. The molecule has 0 amide bonds. The lowest BCUT2D eigenvalue weighted by atomic mass is 9.96. The maximum absolute atomic E-state index is 10.7. The number of aliphatic hydroxyl groups is 1. The van der Waals surface area contributed by atoms with Crippen molar-refractivity contribution in [1.82, 2.24) is 15.5 Å². The molecule has 0 saturated heterocycles. The Morgan fingerprint density at radius 3 is 2.22 bits per heavy atom. The summed E-state index contributed by atoms with van der Waals surface area (Å²) in [6.07, 6.45) is 0. The molecule has 0 fully saturated rings. The fourth-order valence-electron chi connectivity index (χ4n) is 2.78. The van der Waals surface area contributed by atoms with E-state index in [9.17, 15) is 5.11 Å². The van der Waals surface area contributed by atoms with Crippen LogP contribution in [0.1, 0.15) is 30.5 Å². The molecule has 0 aliphatic rings. The molecule has 146 valence electrons. The van der Waals surface area contributed by atoms with Crippen molar-refractivity contribution >= 4 is 5.96 Å². The average Bonchev–Trinajstić information content (AvgIpc) is 2.65. The first-order chi connectivity index (χ1) is 12.9. The summed E-state index contributed by atoms with van der Waals surface area (Å²) in [4.78, 5) is 6.80. The lowest BCUT2D eigenvalue weighted by Crippen LogP contribution is -2.44. The third-order valence-corrected chi connectivity index (χ3v) is 4.28. The Kier molecular flexibility index (Phi) is 7.82. The molecular weight excluding hydrogens is 336 g/mol. The Balaban J connectivity index is 1.97. The minimum absolute atomic E-state index is 0.380. The van der Waals surface area contributed by atoms with Crippen LogP contribution in [-0.4, -0.2) is 43.2 Å². The molecule has 2 rings (SSSR count). The van der Waals surface area contributed by atoms with Gasteiger partial charge in [-0.15, -0.1) is 0 Å². The molecule has 0 aliphatic carbocycles. The summed E-state index contributed by atoms with van der Waals surface area (Å²) >= 11 is 0. The molecule has 0 saturated carbocycles. The van der Waals surface area contributed by atoms with Crippen molar-refractivity contribution in [1.29, 1.82) is 0 Å². The van der Waals surface area contributed by atoms with Crippen molar-refractivity contribution in [3.63, 3.8) is 0 Å². The molecule has 0 bridgehead atoms. The second-order valence-electron chi connectivity index (χ2n) is 7.24. The molecule has 0 aliphatic heterocycles. The zero-order valence-corrected chi connectivity index (χ0v) is 16.9. The summed E-state index contributed by atoms with van der Waals surface area (Å²) in [7, 11) is 4.13. The van der Waals surface area contributed by atoms with Gasteiger partial charge in [0.2, 0.25) is 0 Å². The number of hydrogen-bond donors (Lipinski definition) is 3. The third-order valence-electron chi connectivity index (χ3n) is 4.28. The molecule has 5 heteroatoms. The highest BCUT2D eigenvalue weighted by Crippen LogP contribution is 2.18. The van der Waals surface area contributed by atoms with Crippen LogP contribution in [0.5, 0.6) is 0 Å². The first-order valence-corrected chi connectivity index (χ1v) is 9.43. The summed E-state index contributed by atoms with van der Waals surface area (Å²) in [5.41, 5.74) is 2.36. The number of rotatable bonds is 8. The van der Waals surface area contributed by atoms with Gasteiger partial charge in [-0.2, -0.15) is 0 Å². The quantitative estimate of drug-likeness (QED) is 0.495. The second kappa shape index (κ2) is 10.1. The molecule has 1 unspecified atom stereocenters. The number of aliphatic imine (C=N–C) groups is 1. The Morgan fingerprint density at radius 2 is 1.63 bits per heavy atom. The molecule has 5 nitrogen and oxygen atoms in total. The molecule has 0 spiro atoms. The van der Waals surface area contributed by atoms with E-state index in [-0.39, 0.29) is 0 Å². The zero-order valence-electron chi connectivity index (χ0n) is 16.9. The molecule has 0 aromatic heterocycles. The number of benzene rings is 2. The molecule has 2 aromatic carbocycles. The molecule has 0 radical (unpaired) electrons. The van der Waals surface area contributed by atoms with E-state index in [0.29, 0.717) is 19.0 Å². The van der Waals surface area contributed by atoms with Crippen LogP contribution in [0, 0.1) is 0 Å². The molecule has 2 aromatic rings. The standard InChI is InChI=1S/C22H32N4O/c1-5-23-21(25-17-22(2,27)20-9-7-6-8-10-20)24-15-18-11-13-19(14-12-18)16-26(3)4/h6-14,27H,5,15-17H2,1-4H3,(H2,23,24,25). The summed E-state index contributed by atoms with van der Waals surface area (Å²) in [5, 5.41) is 17.2. The summed E-state index contributed by atoms with van der Waals surface area (Å²) < 4.78 is 0. The van der Waals surface area contributed by atoms with Gasteiger partial charge in [-0.05, 0) is 44.6 Å². The number of hydrogen-bond acceptors (Lipinski definition) is 3. The van der Waals surface area contributed by atoms with Gasteiger partial charge in [0, 0.05) is 13.1 Å². The molecule has 1 atom stereocenters. The van der Waals surface area contributed by atoms with Gasteiger partial charge in [-0.1, -0.05) is 54.6 Å². The largest absolute Gasteiger partial charge is 0.384 e. The fourth-order valence-corrected chi connectivity index (χ4v) is 2.78. The SMILES string of the molecule is CCNC(=NCc1ccc(CN(C)C)cc1)NCC(C)(O)c1ccccc1. The van der Waals surface area contributed by atoms with E-state index in [2.05, 4.69) is 58.9 Å². The Bertz CT molecular complexity index is 709. The van der Waals surface area contributed by atoms with Crippen LogP contribution in [0.15, 0.2) is 59.6 Å². The van der Waals surface area contributed by atoms with Gasteiger partial charge in [0.15, 0.2) is 5.96 Å². The van der Waals surface area contributed by atoms with E-state index in [0.717, 1.165) is 24.2 Å². The third kappa shape index (κ3) is 7.04. The van der Waals surface area contributed by atoms with Crippen LogP contribution in [0.4, 0.5) is 0 Å². The molecule has 3 N–H and O–H groups in total. The summed E-state index contributed by atoms with van der Waals surface area (Å²) in [6.45, 7) is 6.50. The van der Waals surface area contributed by atoms with E-state index in [1.807, 2.05) is 44.2 Å². The van der Waals surface area contributed by atoms with Gasteiger partial charge in [0.25, 0.3) is 0 Å². The van der Waals surface area contributed by atoms with Gasteiger partial charge in [0.05, 0.1) is 13.1 Å². The Morgan fingerprint density at radius 1 is 1.00 bits per heavy atom. The minimum Gasteiger partial charge on any atom is -0.384 e. The lowest BCUT2D eigenvalue weighted by Gasteiger charge is -2.25. The predicted octanol–water partition coefficient (Wildman–Crippen LogP) is 2.71. The van der Waals surface area contributed by atoms with E-state index in [1.165, 1.54) is 5.56 Å². The van der Waals surface area contributed by atoms with E-state index in [4.69, 9.17) is 0 Å². The molecule has 0 heterocycles. The first-order valence-electron chi connectivity index (χ1n) is 9.43. The van der Waals surface area contributed by atoms with Crippen LogP contribution >= 0.6 is 0 Å². The summed E-state index contributed by atoms with van der Waals surface area (Å²) in [6, 6.07) is 18.2. The maximum Gasteiger partial charge on any atom is 0.191 e. The molecular formula is C22H32N4O. The van der Waals surface area contributed by atoms with Crippen molar-refractivity contribution < 1.29 is 5.11 Å². The topological polar surface area (TPSA) is 59.9 Å². The van der Waals surface area contributed by atoms with Crippen LogP contribution in [0.2, 0.25) is 0 Å². The number of nitrogens with one attached hydrogen (secondary N) is 2. The van der Waals surface area contributed by atoms with Gasteiger partial charge in [0.1, 0.15) is 5.60 Å². The monoisotopic (exact) mass is 368 g/mol. The van der Waals surface area contributed by atoms with E-state index >= 15 is 0 Å². The van der Waals surface area contributed by atoms with Gasteiger partial charge in [-0.25, -0.2) is 4.99 Å². The van der Waals surface area contributed by atoms with Crippen molar-refractivity contribution in [3.05, 3.63) is 71.3 Å². The van der Waals surface area contributed by atoms with Crippen molar-refractivity contribution in [3.8, 4) is 0 Å². The highest BCUT2D eigenvalue weighted by atomic mass is 16.3. The lowest BCUT2D eigenvalue weighted by molar-refractivity contribution is 0.0617. The smallest absolute Gasteiger partial charge is 0.191 e. The van der Waals surface area contributed by atoms with Crippen molar-refractivity contribution in [2.24, 2.45) is 4.99 Å². The van der Waals surface area contributed by atoms with E-state index < -0.39 is 5.60 Å². The van der Waals surface area contributed by atoms with Crippen LogP contribution < -0.4 is 10.6 Å².